The minimum absolute atomic E-state index is 0. The summed E-state index contributed by atoms with van der Waals surface area (Å²) >= 11 is 2.08. The van der Waals surface area contributed by atoms with Crippen LogP contribution in [-0.2, 0) is 4.79 Å². The molecule has 3 N–H and O–H groups in total. The molecular formula is C17H34IN5OS. The first-order chi connectivity index (χ1) is 11.6. The van der Waals surface area contributed by atoms with E-state index in [-0.39, 0.29) is 35.8 Å². The van der Waals surface area contributed by atoms with Gasteiger partial charge in [-0.25, -0.2) is 0 Å². The summed E-state index contributed by atoms with van der Waals surface area (Å²) < 4.78 is 0. The second-order valence-electron chi connectivity index (χ2n) is 6.72. The highest BCUT2D eigenvalue weighted by atomic mass is 127. The highest BCUT2D eigenvalue weighted by Crippen LogP contribution is 2.21. The Balaban J connectivity index is 0.00000312. The van der Waals surface area contributed by atoms with E-state index in [2.05, 4.69) is 38.8 Å². The summed E-state index contributed by atoms with van der Waals surface area (Å²) in [4.78, 5) is 20.5. The van der Waals surface area contributed by atoms with Crippen LogP contribution in [0.25, 0.3) is 0 Å². The van der Waals surface area contributed by atoms with Crippen LogP contribution in [0.2, 0.25) is 0 Å². The van der Waals surface area contributed by atoms with E-state index in [4.69, 9.17) is 5.73 Å². The number of nitrogens with zero attached hydrogens (tertiary/aromatic N) is 3. The average molecular weight is 483 g/mol. The van der Waals surface area contributed by atoms with Crippen molar-refractivity contribution in [1.82, 2.24) is 15.1 Å². The molecule has 0 bridgehead atoms. The summed E-state index contributed by atoms with van der Waals surface area (Å²) in [6.45, 7) is 8.27. The van der Waals surface area contributed by atoms with E-state index in [0.29, 0.717) is 0 Å². The first-order valence-electron chi connectivity index (χ1n) is 9.23. The van der Waals surface area contributed by atoms with Gasteiger partial charge in [-0.2, -0.15) is 11.8 Å². The van der Waals surface area contributed by atoms with Gasteiger partial charge in [0.2, 0.25) is 5.91 Å². The first kappa shape index (κ1) is 22.8. The molecule has 146 valence electrons. The SMILES string of the molecule is CCC1CN(C(=NC)NCCCN2CCCC(C(N)=O)C2)CCS1.I. The minimum Gasteiger partial charge on any atom is -0.369 e. The smallest absolute Gasteiger partial charge is 0.221 e. The molecule has 2 unspecified atom stereocenters. The van der Waals surface area contributed by atoms with Crippen LogP contribution >= 0.6 is 35.7 Å². The predicted molar refractivity (Wildman–Crippen MR) is 118 cm³/mol. The van der Waals surface area contributed by atoms with Gasteiger partial charge in [-0.05, 0) is 38.8 Å². The molecular weight excluding hydrogens is 449 g/mol. The number of rotatable bonds is 6. The summed E-state index contributed by atoms with van der Waals surface area (Å²) in [6, 6.07) is 0. The minimum atomic E-state index is -0.147. The van der Waals surface area contributed by atoms with Gasteiger partial charge in [0.15, 0.2) is 5.96 Å². The quantitative estimate of drug-likeness (QED) is 0.260. The number of amides is 1. The summed E-state index contributed by atoms with van der Waals surface area (Å²) in [6.07, 6.45) is 4.30. The number of hydrogen-bond donors (Lipinski definition) is 2. The Morgan fingerprint density at radius 1 is 1.36 bits per heavy atom. The lowest BCUT2D eigenvalue weighted by Crippen LogP contribution is -2.48. The van der Waals surface area contributed by atoms with Crippen molar-refractivity contribution in [1.29, 1.82) is 0 Å². The molecule has 2 aliphatic heterocycles. The maximum atomic E-state index is 11.3. The van der Waals surface area contributed by atoms with Crippen LogP contribution in [-0.4, -0.2) is 79.0 Å². The molecule has 25 heavy (non-hydrogen) atoms. The predicted octanol–water partition coefficient (Wildman–Crippen LogP) is 1.59. The first-order valence-corrected chi connectivity index (χ1v) is 10.3. The second-order valence-corrected chi connectivity index (χ2v) is 8.12. The number of guanidine groups is 1. The molecule has 0 aromatic heterocycles. The Morgan fingerprint density at radius 3 is 2.84 bits per heavy atom. The number of carbonyl (C=O) groups excluding carboxylic acids is 1. The molecule has 1 amide bonds. The van der Waals surface area contributed by atoms with Crippen molar-refractivity contribution in [2.24, 2.45) is 16.6 Å². The number of likely N-dealkylation sites (tertiary alicyclic amines) is 1. The van der Waals surface area contributed by atoms with Gasteiger partial charge in [0, 0.05) is 44.2 Å². The van der Waals surface area contributed by atoms with Crippen molar-refractivity contribution in [3.63, 3.8) is 0 Å². The Hall–Kier alpha value is -0.220. The van der Waals surface area contributed by atoms with Gasteiger partial charge in [-0.15, -0.1) is 24.0 Å². The molecule has 2 atom stereocenters. The Bertz CT molecular complexity index is 437. The fraction of sp³-hybridized carbons (Fsp3) is 0.882. The zero-order valence-electron chi connectivity index (χ0n) is 15.6. The van der Waals surface area contributed by atoms with E-state index in [1.165, 1.54) is 12.2 Å². The van der Waals surface area contributed by atoms with Gasteiger partial charge in [-0.1, -0.05) is 6.92 Å². The van der Waals surface area contributed by atoms with E-state index in [0.717, 1.165) is 69.7 Å². The van der Waals surface area contributed by atoms with E-state index in [1.54, 1.807) is 0 Å². The van der Waals surface area contributed by atoms with E-state index in [9.17, 15) is 4.79 Å². The summed E-state index contributed by atoms with van der Waals surface area (Å²) in [7, 11) is 1.87. The number of carbonyl (C=O) groups is 1. The van der Waals surface area contributed by atoms with E-state index in [1.807, 2.05) is 7.05 Å². The molecule has 8 heteroatoms. The number of thioether (sulfide) groups is 1. The molecule has 0 saturated carbocycles. The topological polar surface area (TPSA) is 74.0 Å². The van der Waals surface area contributed by atoms with Gasteiger partial charge in [-0.3, -0.25) is 9.79 Å². The molecule has 6 nitrogen and oxygen atoms in total. The normalized spacial score (nSPS) is 25.4. The molecule has 0 radical (unpaired) electrons. The third kappa shape index (κ3) is 7.50. The number of nitrogens with one attached hydrogen (secondary N) is 1. The summed E-state index contributed by atoms with van der Waals surface area (Å²) in [5.41, 5.74) is 5.45. The van der Waals surface area contributed by atoms with Crippen molar-refractivity contribution in [3.05, 3.63) is 0 Å². The van der Waals surface area contributed by atoms with Gasteiger partial charge in [0.05, 0.1) is 5.92 Å². The number of piperidine rings is 1. The molecule has 2 fully saturated rings. The summed E-state index contributed by atoms with van der Waals surface area (Å²) in [5.74, 6) is 2.10. The maximum absolute atomic E-state index is 11.3. The Labute approximate surface area is 173 Å². The monoisotopic (exact) mass is 483 g/mol. The van der Waals surface area contributed by atoms with Crippen LogP contribution in [0.5, 0.6) is 0 Å². The van der Waals surface area contributed by atoms with Crippen LogP contribution in [0.1, 0.15) is 32.6 Å². The van der Waals surface area contributed by atoms with Gasteiger partial charge >= 0.3 is 0 Å². The van der Waals surface area contributed by atoms with E-state index < -0.39 is 0 Å². The lowest BCUT2D eigenvalue weighted by Gasteiger charge is -2.34. The maximum Gasteiger partial charge on any atom is 0.221 e. The van der Waals surface area contributed by atoms with Crippen LogP contribution in [0, 0.1) is 5.92 Å². The zero-order chi connectivity index (χ0) is 17.4. The molecule has 2 rings (SSSR count). The molecule has 2 saturated heterocycles. The lowest BCUT2D eigenvalue weighted by atomic mass is 9.97. The molecule has 0 aliphatic carbocycles. The highest BCUT2D eigenvalue weighted by molar-refractivity contribution is 14.0. The van der Waals surface area contributed by atoms with Crippen LogP contribution in [0.3, 0.4) is 0 Å². The standard InChI is InChI=1S/C17H33N5OS.HI/c1-3-15-13-22(10-11-24-15)17(19-2)20-7-5-9-21-8-4-6-14(12-21)16(18)23;/h14-15H,3-13H2,1-2H3,(H2,18,23)(H,19,20);1H. The molecule has 0 spiro atoms. The Morgan fingerprint density at radius 2 is 2.16 bits per heavy atom. The van der Waals surface area contributed by atoms with Crippen LogP contribution in [0.4, 0.5) is 0 Å². The largest absolute Gasteiger partial charge is 0.369 e. The van der Waals surface area contributed by atoms with Crippen LogP contribution in [0.15, 0.2) is 4.99 Å². The number of primary amides is 1. The molecule has 2 heterocycles. The van der Waals surface area contributed by atoms with Crippen molar-refractivity contribution in [3.8, 4) is 0 Å². The van der Waals surface area contributed by atoms with Crippen LogP contribution < -0.4 is 11.1 Å². The number of halogens is 1. The van der Waals surface area contributed by atoms with Crippen molar-refractivity contribution < 1.29 is 4.79 Å². The van der Waals surface area contributed by atoms with Crippen molar-refractivity contribution in [2.75, 3.05) is 52.1 Å². The second kappa shape index (κ2) is 12.2. The zero-order valence-corrected chi connectivity index (χ0v) is 18.7. The fourth-order valence-electron chi connectivity index (χ4n) is 3.48. The summed E-state index contributed by atoms with van der Waals surface area (Å²) in [5, 5.41) is 4.22. The fourth-order valence-corrected chi connectivity index (χ4v) is 4.66. The van der Waals surface area contributed by atoms with Gasteiger partial charge in [0.25, 0.3) is 0 Å². The average Bonchev–Trinajstić information content (AvgIpc) is 2.62. The number of aliphatic imine (C=N–C) groups is 1. The molecule has 0 aromatic carbocycles. The molecule has 0 aromatic rings. The van der Waals surface area contributed by atoms with Crippen molar-refractivity contribution in [2.45, 2.75) is 37.9 Å². The number of nitrogens with two attached hydrogens (primary N) is 1. The highest BCUT2D eigenvalue weighted by Gasteiger charge is 2.24. The third-order valence-electron chi connectivity index (χ3n) is 4.95. The van der Waals surface area contributed by atoms with Gasteiger partial charge < -0.3 is 20.9 Å². The van der Waals surface area contributed by atoms with Gasteiger partial charge in [0.1, 0.15) is 0 Å². The Kier molecular flexibility index (Phi) is 11.2. The van der Waals surface area contributed by atoms with E-state index >= 15 is 0 Å². The van der Waals surface area contributed by atoms with Crippen molar-refractivity contribution >= 4 is 47.6 Å². The number of hydrogen-bond acceptors (Lipinski definition) is 4. The lowest BCUT2D eigenvalue weighted by molar-refractivity contribution is -0.123. The third-order valence-corrected chi connectivity index (χ3v) is 6.32. The molecule has 2 aliphatic rings.